The number of aromatic nitrogens is 1. The molecule has 2 aromatic heterocycles. The molecule has 10 heteroatoms. The monoisotopic (exact) mass is 531 g/mol. The Balaban J connectivity index is 1.39. The third-order valence-electron chi connectivity index (χ3n) is 6.55. The van der Waals surface area contributed by atoms with Gasteiger partial charge in [-0.2, -0.15) is 0 Å². The quantitative estimate of drug-likeness (QED) is 0.387. The first-order valence-corrected chi connectivity index (χ1v) is 13.3. The number of nitrogens with one attached hydrogen (secondary N) is 1. The molecule has 0 spiro atoms. The lowest BCUT2D eigenvalue weighted by atomic mass is 9.87. The maximum Gasteiger partial charge on any atom is 0.308 e. The first-order valence-electron chi connectivity index (χ1n) is 11.7. The van der Waals surface area contributed by atoms with E-state index >= 15 is 0 Å². The topological polar surface area (TPSA) is 102 Å². The van der Waals surface area contributed by atoms with Crippen molar-refractivity contribution in [2.45, 2.75) is 29.7 Å². The molecule has 0 aliphatic carbocycles. The molecule has 1 saturated heterocycles. The van der Waals surface area contributed by atoms with Crippen molar-refractivity contribution >= 4 is 52.2 Å². The van der Waals surface area contributed by atoms with Crippen LogP contribution >= 0.6 is 23.1 Å². The summed E-state index contributed by atoms with van der Waals surface area (Å²) in [5.74, 6) is -1.87. The van der Waals surface area contributed by atoms with Gasteiger partial charge in [-0.05, 0) is 43.3 Å². The molecule has 2 aromatic carbocycles. The molecule has 3 atom stereocenters. The zero-order valence-corrected chi connectivity index (χ0v) is 21.3. The van der Waals surface area contributed by atoms with E-state index in [0.29, 0.717) is 27.0 Å². The third kappa shape index (κ3) is 4.02. The molecule has 3 amide bonds. The number of thiazole rings is 1. The maximum absolute atomic E-state index is 13.7. The number of carbonyl (C=O) groups is 3. The van der Waals surface area contributed by atoms with Crippen LogP contribution in [-0.4, -0.2) is 27.5 Å². The average Bonchev–Trinajstić information content (AvgIpc) is 3.58. The number of anilines is 2. The van der Waals surface area contributed by atoms with Gasteiger partial charge in [0.1, 0.15) is 17.6 Å². The normalized spacial score (nSPS) is 20.6. The minimum Gasteiger partial charge on any atom is -0.469 e. The molecule has 2 aliphatic rings. The fourth-order valence-electron chi connectivity index (χ4n) is 4.84. The van der Waals surface area contributed by atoms with Gasteiger partial charge >= 0.3 is 4.87 Å². The maximum atomic E-state index is 13.7. The van der Waals surface area contributed by atoms with E-state index in [0.717, 1.165) is 16.9 Å². The fourth-order valence-corrected chi connectivity index (χ4v) is 7.60. The number of imide groups is 1. The van der Waals surface area contributed by atoms with E-state index in [1.165, 1.54) is 27.5 Å². The van der Waals surface area contributed by atoms with Crippen molar-refractivity contribution < 1.29 is 18.8 Å². The minimum absolute atomic E-state index is 0.210. The third-order valence-corrected chi connectivity index (χ3v) is 9.15. The molecular weight excluding hydrogens is 510 g/mol. The predicted molar refractivity (Wildman–Crippen MR) is 141 cm³/mol. The Morgan fingerprint density at radius 1 is 0.973 bits per heavy atom. The summed E-state index contributed by atoms with van der Waals surface area (Å²) in [5, 5.41) is 2.56. The second kappa shape index (κ2) is 9.20. The van der Waals surface area contributed by atoms with Gasteiger partial charge in [0, 0.05) is 5.69 Å². The lowest BCUT2D eigenvalue weighted by Gasteiger charge is -2.29. The Labute approximate surface area is 219 Å². The number of carbonyl (C=O) groups excluding carboxylic acids is 3. The standard InChI is InChI=1S/C27H21N3O5S2/c1-15-9-11-17(12-10-15)30-24(32)21-20(18-8-5-13-35-18)23-26(36-22(21)25(30)33)29(27(34)37-23)14-19(31)28-16-6-3-2-4-7-16/h2-13,20-22H,14H2,1H3,(H,28,31)/t20-,21?,22?/m1/s1. The molecule has 2 unspecified atom stereocenters. The van der Waals surface area contributed by atoms with Gasteiger partial charge in [0.05, 0.1) is 33.7 Å². The SMILES string of the molecule is Cc1ccc(N2C(=O)C3Sc4c(sc(=O)n4CC(=O)Nc4ccccc4)[C@H](c4ccco4)C3C2=O)cc1. The number of thioether (sulfide) groups is 1. The lowest BCUT2D eigenvalue weighted by molar-refractivity contribution is -0.122. The molecule has 2 aliphatic heterocycles. The van der Waals surface area contributed by atoms with Crippen molar-refractivity contribution in [3.63, 3.8) is 0 Å². The summed E-state index contributed by atoms with van der Waals surface area (Å²) < 4.78 is 7.10. The van der Waals surface area contributed by atoms with E-state index in [1.807, 2.05) is 25.1 Å². The van der Waals surface area contributed by atoms with Crippen LogP contribution in [0.3, 0.4) is 0 Å². The Morgan fingerprint density at radius 3 is 2.43 bits per heavy atom. The summed E-state index contributed by atoms with van der Waals surface area (Å²) in [7, 11) is 0. The number of benzene rings is 2. The summed E-state index contributed by atoms with van der Waals surface area (Å²) in [4.78, 5) is 54.8. The Bertz CT molecular complexity index is 1560. The minimum atomic E-state index is -0.756. The van der Waals surface area contributed by atoms with Crippen LogP contribution in [-0.2, 0) is 20.9 Å². The summed E-state index contributed by atoms with van der Waals surface area (Å²) in [6.45, 7) is 1.73. The van der Waals surface area contributed by atoms with Crippen molar-refractivity contribution in [3.8, 4) is 0 Å². The number of rotatable bonds is 5. The largest absolute Gasteiger partial charge is 0.469 e. The Morgan fingerprint density at radius 2 is 1.73 bits per heavy atom. The van der Waals surface area contributed by atoms with Gasteiger partial charge in [-0.3, -0.25) is 23.7 Å². The molecular formula is C27H21N3O5S2. The van der Waals surface area contributed by atoms with Crippen LogP contribution in [0.15, 0.2) is 87.2 Å². The van der Waals surface area contributed by atoms with E-state index in [-0.39, 0.29) is 29.1 Å². The Hall–Kier alpha value is -3.89. The molecule has 6 rings (SSSR count). The molecule has 1 fully saturated rings. The van der Waals surface area contributed by atoms with Gasteiger partial charge in [0.25, 0.3) is 0 Å². The number of aryl methyl sites for hydroxylation is 1. The Kier molecular flexibility index (Phi) is 5.85. The zero-order valence-electron chi connectivity index (χ0n) is 19.6. The van der Waals surface area contributed by atoms with Gasteiger partial charge < -0.3 is 9.73 Å². The fraction of sp³-hybridized carbons (Fsp3) is 0.185. The molecule has 4 heterocycles. The van der Waals surface area contributed by atoms with E-state index in [9.17, 15) is 19.2 Å². The number of hydrogen-bond donors (Lipinski definition) is 1. The van der Waals surface area contributed by atoms with Crippen LogP contribution in [0.4, 0.5) is 11.4 Å². The number of hydrogen-bond acceptors (Lipinski definition) is 7. The van der Waals surface area contributed by atoms with Crippen LogP contribution in [0.5, 0.6) is 0 Å². The van der Waals surface area contributed by atoms with E-state index in [2.05, 4.69) is 5.32 Å². The van der Waals surface area contributed by atoms with Gasteiger partial charge in [-0.25, -0.2) is 4.90 Å². The van der Waals surface area contributed by atoms with Crippen LogP contribution in [0.25, 0.3) is 0 Å². The number of amides is 3. The van der Waals surface area contributed by atoms with Crippen LogP contribution in [0.1, 0.15) is 22.1 Å². The summed E-state index contributed by atoms with van der Waals surface area (Å²) in [5.41, 5.74) is 2.15. The highest BCUT2D eigenvalue weighted by Gasteiger charge is 2.57. The molecule has 0 radical (unpaired) electrons. The van der Waals surface area contributed by atoms with Gasteiger partial charge in [-0.1, -0.05) is 59.0 Å². The number of furan rings is 1. The summed E-state index contributed by atoms with van der Waals surface area (Å²) in [6.07, 6.45) is 1.51. The number of nitrogens with zero attached hydrogens (tertiary/aromatic N) is 2. The van der Waals surface area contributed by atoms with Crippen LogP contribution < -0.4 is 15.1 Å². The molecule has 0 bridgehead atoms. The molecule has 1 N–H and O–H groups in total. The highest BCUT2D eigenvalue weighted by atomic mass is 32.2. The first-order chi connectivity index (χ1) is 17.9. The zero-order chi connectivity index (χ0) is 25.7. The van der Waals surface area contributed by atoms with E-state index in [1.54, 1.807) is 48.5 Å². The smallest absolute Gasteiger partial charge is 0.308 e. The van der Waals surface area contributed by atoms with Gasteiger partial charge in [0.2, 0.25) is 17.7 Å². The average molecular weight is 532 g/mol. The van der Waals surface area contributed by atoms with Crippen molar-refractivity contribution in [2.75, 3.05) is 10.2 Å². The van der Waals surface area contributed by atoms with Crippen molar-refractivity contribution in [1.29, 1.82) is 0 Å². The summed E-state index contributed by atoms with van der Waals surface area (Å²) >= 11 is 2.16. The first kappa shape index (κ1) is 23.5. The van der Waals surface area contributed by atoms with Gasteiger partial charge in [0.15, 0.2) is 0 Å². The lowest BCUT2D eigenvalue weighted by Crippen LogP contribution is -2.32. The predicted octanol–water partition coefficient (Wildman–Crippen LogP) is 4.25. The molecule has 186 valence electrons. The van der Waals surface area contributed by atoms with E-state index < -0.39 is 17.1 Å². The summed E-state index contributed by atoms with van der Waals surface area (Å²) in [6, 6.07) is 19.7. The van der Waals surface area contributed by atoms with Crippen molar-refractivity contribution in [3.05, 3.63) is 98.9 Å². The second-order valence-corrected chi connectivity index (χ2v) is 11.1. The molecule has 8 nitrogen and oxygen atoms in total. The molecule has 37 heavy (non-hydrogen) atoms. The highest BCUT2D eigenvalue weighted by molar-refractivity contribution is 8.00. The van der Waals surface area contributed by atoms with Crippen molar-refractivity contribution in [1.82, 2.24) is 4.57 Å². The molecule has 4 aromatic rings. The second-order valence-electron chi connectivity index (χ2n) is 8.94. The van der Waals surface area contributed by atoms with Crippen LogP contribution in [0, 0.1) is 12.8 Å². The van der Waals surface area contributed by atoms with Crippen molar-refractivity contribution in [2.24, 2.45) is 5.92 Å². The molecule has 0 saturated carbocycles. The highest BCUT2D eigenvalue weighted by Crippen LogP contribution is 2.53. The number of fused-ring (bicyclic) bond motifs is 2. The van der Waals surface area contributed by atoms with E-state index in [4.69, 9.17) is 4.42 Å². The van der Waals surface area contributed by atoms with Crippen LogP contribution in [0.2, 0.25) is 0 Å². The van der Waals surface area contributed by atoms with Gasteiger partial charge in [-0.15, -0.1) is 0 Å². The number of para-hydroxylation sites is 1.